The molecule has 1 aliphatic heterocycles. The van der Waals surface area contributed by atoms with Crippen molar-refractivity contribution in [1.82, 2.24) is 29.5 Å². The normalized spacial score (nSPS) is 15.6. The molecule has 0 saturated carbocycles. The first-order valence-corrected chi connectivity index (χ1v) is 11.8. The molecule has 0 spiro atoms. The van der Waals surface area contributed by atoms with Gasteiger partial charge in [-0.15, -0.1) is 0 Å². The molecule has 1 N–H and O–H groups in total. The van der Waals surface area contributed by atoms with Crippen molar-refractivity contribution < 1.29 is 9.18 Å². The standard InChI is InChI=1S/C26H25FN8O/c1-16-12-18(13-17(2)30-16)24-23(27)26(31-19-6-5-10-34(15-19)22(36)8-9-28)33-25(32-24)20-14-29-35-11-4-3-7-21(20)35/h3-4,7,11-14,19H,5-6,8,10,15H2,1-2H3,(H,31,32,33)/t19-/m1/s1. The molecule has 1 amide bonds. The third-order valence-corrected chi connectivity index (χ3v) is 6.22. The summed E-state index contributed by atoms with van der Waals surface area (Å²) in [6.07, 6.45) is 4.82. The topological polar surface area (TPSA) is 112 Å². The largest absolute Gasteiger partial charge is 0.363 e. The third kappa shape index (κ3) is 4.60. The van der Waals surface area contributed by atoms with Gasteiger partial charge in [0.15, 0.2) is 17.5 Å². The predicted molar refractivity (Wildman–Crippen MR) is 132 cm³/mol. The maximum atomic E-state index is 15.9. The summed E-state index contributed by atoms with van der Waals surface area (Å²) in [5.41, 5.74) is 3.77. The van der Waals surface area contributed by atoms with Gasteiger partial charge in [0.1, 0.15) is 12.1 Å². The van der Waals surface area contributed by atoms with E-state index in [2.05, 4.69) is 25.4 Å². The molecule has 5 rings (SSSR count). The van der Waals surface area contributed by atoms with Crippen LogP contribution in [0.25, 0.3) is 28.2 Å². The minimum absolute atomic E-state index is 0.0666. The Bertz CT molecular complexity index is 1470. The summed E-state index contributed by atoms with van der Waals surface area (Å²) in [4.78, 5) is 27.5. The molecule has 1 aliphatic rings. The second-order valence-corrected chi connectivity index (χ2v) is 8.94. The highest BCUT2D eigenvalue weighted by atomic mass is 19.1. The van der Waals surface area contributed by atoms with Gasteiger partial charge in [-0.3, -0.25) is 9.78 Å². The van der Waals surface area contributed by atoms with Crippen LogP contribution in [0.15, 0.2) is 42.7 Å². The fourth-order valence-corrected chi connectivity index (χ4v) is 4.63. The molecule has 9 nitrogen and oxygen atoms in total. The average Bonchev–Trinajstić information content (AvgIpc) is 3.29. The molecule has 1 fully saturated rings. The summed E-state index contributed by atoms with van der Waals surface area (Å²) >= 11 is 0. The summed E-state index contributed by atoms with van der Waals surface area (Å²) in [6, 6.07) is 11.0. The molecule has 36 heavy (non-hydrogen) atoms. The summed E-state index contributed by atoms with van der Waals surface area (Å²) < 4.78 is 17.7. The third-order valence-electron chi connectivity index (χ3n) is 6.22. The molecule has 1 saturated heterocycles. The molecular formula is C26H25FN8O. The number of hydrogen-bond donors (Lipinski definition) is 1. The highest BCUT2D eigenvalue weighted by Gasteiger charge is 2.26. The number of likely N-dealkylation sites (tertiary alicyclic amines) is 1. The number of nitriles is 1. The Kier molecular flexibility index (Phi) is 6.29. The molecule has 4 aromatic rings. The van der Waals surface area contributed by atoms with Crippen molar-refractivity contribution in [1.29, 1.82) is 5.26 Å². The van der Waals surface area contributed by atoms with Crippen molar-refractivity contribution in [2.24, 2.45) is 0 Å². The fourth-order valence-electron chi connectivity index (χ4n) is 4.63. The van der Waals surface area contributed by atoms with Gasteiger partial charge < -0.3 is 10.2 Å². The summed E-state index contributed by atoms with van der Waals surface area (Å²) in [6.45, 7) is 4.67. The van der Waals surface area contributed by atoms with E-state index in [1.165, 1.54) is 0 Å². The molecule has 0 aliphatic carbocycles. The zero-order valence-electron chi connectivity index (χ0n) is 20.1. The Morgan fingerprint density at radius 3 is 2.81 bits per heavy atom. The van der Waals surface area contributed by atoms with Gasteiger partial charge in [0, 0.05) is 42.3 Å². The van der Waals surface area contributed by atoms with Crippen molar-refractivity contribution in [3.05, 3.63) is 59.9 Å². The van der Waals surface area contributed by atoms with Crippen molar-refractivity contribution in [3.63, 3.8) is 0 Å². The Morgan fingerprint density at radius 1 is 1.22 bits per heavy atom. The van der Waals surface area contributed by atoms with Gasteiger partial charge >= 0.3 is 0 Å². The lowest BCUT2D eigenvalue weighted by atomic mass is 10.0. The van der Waals surface area contributed by atoms with Crippen LogP contribution in [0.1, 0.15) is 30.7 Å². The molecule has 182 valence electrons. The molecule has 5 heterocycles. The zero-order chi connectivity index (χ0) is 25.2. The molecular weight excluding hydrogens is 459 g/mol. The van der Waals surface area contributed by atoms with Crippen LogP contribution in [-0.4, -0.2) is 54.5 Å². The first-order valence-electron chi connectivity index (χ1n) is 11.8. The van der Waals surface area contributed by atoms with Gasteiger partial charge in [-0.2, -0.15) is 10.4 Å². The highest BCUT2D eigenvalue weighted by molar-refractivity contribution is 5.79. The number of nitrogens with zero attached hydrogens (tertiary/aromatic N) is 7. The number of carbonyl (C=O) groups excluding carboxylic acids is 1. The second kappa shape index (κ2) is 9.70. The van der Waals surface area contributed by atoms with Gasteiger partial charge in [0.05, 0.1) is 23.3 Å². The molecule has 1 atom stereocenters. The second-order valence-electron chi connectivity index (χ2n) is 8.94. The van der Waals surface area contributed by atoms with E-state index in [1.54, 1.807) is 27.7 Å². The van der Waals surface area contributed by atoms with Crippen LogP contribution >= 0.6 is 0 Å². The van der Waals surface area contributed by atoms with Crippen LogP contribution in [0.2, 0.25) is 0 Å². The van der Waals surface area contributed by atoms with E-state index in [0.29, 0.717) is 30.0 Å². The van der Waals surface area contributed by atoms with E-state index in [-0.39, 0.29) is 29.9 Å². The number of aromatic nitrogens is 5. The number of anilines is 1. The molecule has 0 aromatic carbocycles. The van der Waals surface area contributed by atoms with Crippen molar-refractivity contribution in [2.45, 2.75) is 39.2 Å². The smallest absolute Gasteiger partial charge is 0.236 e. The maximum Gasteiger partial charge on any atom is 0.236 e. The van der Waals surface area contributed by atoms with Crippen LogP contribution < -0.4 is 5.32 Å². The first-order chi connectivity index (χ1) is 17.4. The minimum atomic E-state index is -0.569. The van der Waals surface area contributed by atoms with Crippen LogP contribution in [0, 0.1) is 31.0 Å². The molecule has 0 unspecified atom stereocenters. The van der Waals surface area contributed by atoms with Gasteiger partial charge in [0.2, 0.25) is 5.91 Å². The number of pyridine rings is 2. The molecule has 0 bridgehead atoms. The van der Waals surface area contributed by atoms with Gasteiger partial charge in [-0.25, -0.2) is 18.9 Å². The number of rotatable bonds is 5. The van der Waals surface area contributed by atoms with E-state index in [0.717, 1.165) is 29.7 Å². The van der Waals surface area contributed by atoms with Gasteiger partial charge in [-0.05, 0) is 51.0 Å². The molecule has 10 heteroatoms. The number of fused-ring (bicyclic) bond motifs is 1. The van der Waals surface area contributed by atoms with Crippen molar-refractivity contribution in [3.8, 4) is 28.7 Å². The minimum Gasteiger partial charge on any atom is -0.363 e. The van der Waals surface area contributed by atoms with Crippen molar-refractivity contribution >= 4 is 17.2 Å². The number of nitrogens with one attached hydrogen (secondary N) is 1. The Labute approximate surface area is 207 Å². The average molecular weight is 485 g/mol. The van der Waals surface area contributed by atoms with E-state index >= 15 is 4.39 Å². The lowest BCUT2D eigenvalue weighted by Gasteiger charge is -2.33. The van der Waals surface area contributed by atoms with E-state index in [1.807, 2.05) is 44.3 Å². The molecule has 4 aromatic heterocycles. The van der Waals surface area contributed by atoms with Crippen LogP contribution in [-0.2, 0) is 4.79 Å². The van der Waals surface area contributed by atoms with Crippen molar-refractivity contribution in [2.75, 3.05) is 18.4 Å². The number of hydrogen-bond acceptors (Lipinski definition) is 7. The fraction of sp³-hybridized carbons (Fsp3) is 0.308. The Balaban J connectivity index is 1.58. The summed E-state index contributed by atoms with van der Waals surface area (Å²) in [5.74, 6) is -0.379. The number of piperidine rings is 1. The number of aryl methyl sites for hydroxylation is 2. The lowest BCUT2D eigenvalue weighted by molar-refractivity contribution is -0.131. The van der Waals surface area contributed by atoms with E-state index in [9.17, 15) is 4.79 Å². The molecule has 0 radical (unpaired) electrons. The first kappa shape index (κ1) is 23.4. The Morgan fingerprint density at radius 2 is 2.03 bits per heavy atom. The number of halogens is 1. The quantitative estimate of drug-likeness (QED) is 0.457. The van der Waals surface area contributed by atoms with Gasteiger partial charge in [0.25, 0.3) is 0 Å². The predicted octanol–water partition coefficient (Wildman–Crippen LogP) is 3.93. The maximum absolute atomic E-state index is 15.9. The Hall–Kier alpha value is -4.39. The summed E-state index contributed by atoms with van der Waals surface area (Å²) in [7, 11) is 0. The number of amides is 1. The van der Waals surface area contributed by atoms with Crippen LogP contribution in [0.3, 0.4) is 0 Å². The van der Waals surface area contributed by atoms with Crippen LogP contribution in [0.5, 0.6) is 0 Å². The van der Waals surface area contributed by atoms with E-state index < -0.39 is 5.82 Å². The highest BCUT2D eigenvalue weighted by Crippen LogP contribution is 2.31. The summed E-state index contributed by atoms with van der Waals surface area (Å²) in [5, 5.41) is 16.5. The number of carbonyl (C=O) groups is 1. The van der Waals surface area contributed by atoms with E-state index in [4.69, 9.17) is 5.26 Å². The van der Waals surface area contributed by atoms with Crippen LogP contribution in [0.4, 0.5) is 10.2 Å². The zero-order valence-corrected chi connectivity index (χ0v) is 20.1. The van der Waals surface area contributed by atoms with Gasteiger partial charge in [-0.1, -0.05) is 6.07 Å². The monoisotopic (exact) mass is 484 g/mol. The SMILES string of the molecule is Cc1cc(-c2nc(-c3cnn4ccccc34)nc(N[C@@H]3CCCN(C(=O)CC#N)C3)c2F)cc(C)n1. The lowest BCUT2D eigenvalue weighted by Crippen LogP contribution is -2.45.